The van der Waals surface area contributed by atoms with Crippen LogP contribution in [0.15, 0.2) is 30.3 Å². The van der Waals surface area contributed by atoms with Gasteiger partial charge in [0, 0.05) is 12.6 Å². The standard InChI is InChI=1S/C13H10FN3OS/c1-15-8-3-2-7(6-10(8)18)12-16-9-4-5-11(14)17-13(9)19-12/h2-6,15,18H,1H3. The summed E-state index contributed by atoms with van der Waals surface area (Å²) in [5.41, 5.74) is 2.08. The van der Waals surface area contributed by atoms with Crippen LogP contribution in [0.3, 0.4) is 0 Å². The molecular weight excluding hydrogens is 265 g/mol. The highest BCUT2D eigenvalue weighted by Crippen LogP contribution is 2.33. The molecule has 4 nitrogen and oxygen atoms in total. The van der Waals surface area contributed by atoms with Crippen LogP contribution >= 0.6 is 11.3 Å². The fourth-order valence-electron chi connectivity index (χ4n) is 1.79. The summed E-state index contributed by atoms with van der Waals surface area (Å²) in [6.07, 6.45) is 0. The minimum Gasteiger partial charge on any atom is -0.506 e. The highest BCUT2D eigenvalue weighted by Gasteiger charge is 2.10. The molecule has 0 aliphatic rings. The van der Waals surface area contributed by atoms with E-state index in [0.717, 1.165) is 5.56 Å². The van der Waals surface area contributed by atoms with Crippen LogP contribution in [-0.2, 0) is 0 Å². The summed E-state index contributed by atoms with van der Waals surface area (Å²) in [6.45, 7) is 0. The van der Waals surface area contributed by atoms with Crippen molar-refractivity contribution in [1.82, 2.24) is 9.97 Å². The first-order valence-corrected chi connectivity index (χ1v) is 6.43. The molecule has 2 aromatic heterocycles. The minimum absolute atomic E-state index is 0.151. The van der Waals surface area contributed by atoms with Gasteiger partial charge in [-0.3, -0.25) is 0 Å². The zero-order chi connectivity index (χ0) is 13.4. The van der Waals surface area contributed by atoms with Crippen LogP contribution in [0.25, 0.3) is 20.9 Å². The Kier molecular flexibility index (Phi) is 2.79. The molecule has 6 heteroatoms. The van der Waals surface area contributed by atoms with Crippen LogP contribution in [-0.4, -0.2) is 22.1 Å². The van der Waals surface area contributed by atoms with E-state index >= 15 is 0 Å². The number of aromatic hydroxyl groups is 1. The second kappa shape index (κ2) is 4.47. The molecule has 0 amide bonds. The number of hydrogen-bond donors (Lipinski definition) is 2. The van der Waals surface area contributed by atoms with E-state index in [1.807, 2.05) is 6.07 Å². The number of halogens is 1. The van der Waals surface area contributed by atoms with Crippen molar-refractivity contribution >= 4 is 27.4 Å². The van der Waals surface area contributed by atoms with Crippen LogP contribution in [0.5, 0.6) is 5.75 Å². The maximum Gasteiger partial charge on any atom is 0.214 e. The molecule has 19 heavy (non-hydrogen) atoms. The maximum atomic E-state index is 13.0. The van der Waals surface area contributed by atoms with Crippen molar-refractivity contribution in [2.24, 2.45) is 0 Å². The van der Waals surface area contributed by atoms with Crippen molar-refractivity contribution in [3.05, 3.63) is 36.3 Å². The number of rotatable bonds is 2. The third-order valence-corrected chi connectivity index (χ3v) is 3.75. The van der Waals surface area contributed by atoms with Crippen molar-refractivity contribution in [3.8, 4) is 16.3 Å². The number of phenolic OH excluding ortho intramolecular Hbond substituents is 1. The average molecular weight is 275 g/mol. The Bertz CT molecular complexity index is 757. The molecule has 0 aliphatic carbocycles. The maximum absolute atomic E-state index is 13.0. The number of fused-ring (bicyclic) bond motifs is 1. The Hall–Kier alpha value is -2.21. The molecule has 0 atom stereocenters. The molecule has 0 radical (unpaired) electrons. The fourth-order valence-corrected chi connectivity index (χ4v) is 2.72. The second-order valence-electron chi connectivity index (χ2n) is 3.96. The number of aromatic nitrogens is 2. The first-order chi connectivity index (χ1) is 9.17. The number of anilines is 1. The topological polar surface area (TPSA) is 58.0 Å². The molecular formula is C13H10FN3OS. The molecule has 0 saturated heterocycles. The van der Waals surface area contributed by atoms with Gasteiger partial charge >= 0.3 is 0 Å². The van der Waals surface area contributed by atoms with Crippen molar-refractivity contribution in [1.29, 1.82) is 0 Å². The highest BCUT2D eigenvalue weighted by molar-refractivity contribution is 7.21. The Labute approximate surface area is 112 Å². The first kappa shape index (κ1) is 11.9. The van der Waals surface area contributed by atoms with Crippen LogP contribution in [0, 0.1) is 5.95 Å². The summed E-state index contributed by atoms with van der Waals surface area (Å²) < 4.78 is 13.0. The predicted molar refractivity (Wildman–Crippen MR) is 74.0 cm³/mol. The lowest BCUT2D eigenvalue weighted by molar-refractivity contribution is 0.478. The lowest BCUT2D eigenvalue weighted by atomic mass is 10.2. The van der Waals surface area contributed by atoms with Gasteiger partial charge in [0.25, 0.3) is 0 Å². The average Bonchev–Trinajstić information content (AvgIpc) is 2.81. The lowest BCUT2D eigenvalue weighted by Crippen LogP contribution is -1.88. The number of hydrogen-bond acceptors (Lipinski definition) is 5. The van der Waals surface area contributed by atoms with Crippen LogP contribution in [0.2, 0.25) is 0 Å². The molecule has 0 spiro atoms. The molecule has 0 fully saturated rings. The Balaban J connectivity index is 2.11. The number of thiazole rings is 1. The molecule has 96 valence electrons. The van der Waals surface area contributed by atoms with Gasteiger partial charge in [-0.1, -0.05) is 11.3 Å². The van der Waals surface area contributed by atoms with E-state index < -0.39 is 5.95 Å². The van der Waals surface area contributed by atoms with E-state index in [9.17, 15) is 9.50 Å². The number of pyridine rings is 1. The minimum atomic E-state index is -0.518. The van der Waals surface area contributed by atoms with Gasteiger partial charge in [-0.2, -0.15) is 4.39 Å². The van der Waals surface area contributed by atoms with E-state index in [4.69, 9.17) is 0 Å². The summed E-state index contributed by atoms with van der Waals surface area (Å²) in [6, 6.07) is 8.12. The van der Waals surface area contributed by atoms with E-state index in [1.165, 1.54) is 17.4 Å². The van der Waals surface area contributed by atoms with E-state index in [1.54, 1.807) is 25.2 Å². The molecule has 0 aliphatic heterocycles. The van der Waals surface area contributed by atoms with Crippen LogP contribution in [0.4, 0.5) is 10.1 Å². The summed E-state index contributed by atoms with van der Waals surface area (Å²) in [7, 11) is 1.74. The number of nitrogens with zero attached hydrogens (tertiary/aromatic N) is 2. The number of nitrogens with one attached hydrogen (secondary N) is 1. The van der Waals surface area contributed by atoms with Gasteiger partial charge < -0.3 is 10.4 Å². The summed E-state index contributed by atoms with van der Waals surface area (Å²) in [4.78, 5) is 8.72. The van der Waals surface area contributed by atoms with E-state index in [2.05, 4.69) is 15.3 Å². The molecule has 2 heterocycles. The van der Waals surface area contributed by atoms with Crippen LogP contribution < -0.4 is 5.32 Å². The van der Waals surface area contributed by atoms with Gasteiger partial charge in [-0.25, -0.2) is 9.97 Å². The van der Waals surface area contributed by atoms with Gasteiger partial charge in [0.05, 0.1) is 5.69 Å². The van der Waals surface area contributed by atoms with Crippen molar-refractivity contribution in [2.75, 3.05) is 12.4 Å². The number of benzene rings is 1. The Morgan fingerprint density at radius 2 is 2.05 bits per heavy atom. The van der Waals surface area contributed by atoms with Gasteiger partial charge in [-0.05, 0) is 30.3 Å². The quantitative estimate of drug-likeness (QED) is 0.557. The molecule has 0 unspecified atom stereocenters. The van der Waals surface area contributed by atoms with Crippen molar-refractivity contribution < 1.29 is 9.50 Å². The molecule has 0 saturated carbocycles. The van der Waals surface area contributed by atoms with E-state index in [0.29, 0.717) is 21.0 Å². The first-order valence-electron chi connectivity index (χ1n) is 5.61. The Morgan fingerprint density at radius 1 is 1.21 bits per heavy atom. The third-order valence-electron chi connectivity index (χ3n) is 2.74. The summed E-state index contributed by atoms with van der Waals surface area (Å²) in [5.74, 6) is -0.366. The second-order valence-corrected chi connectivity index (χ2v) is 4.94. The zero-order valence-corrected chi connectivity index (χ0v) is 10.8. The van der Waals surface area contributed by atoms with Crippen LogP contribution in [0.1, 0.15) is 0 Å². The Morgan fingerprint density at radius 3 is 2.79 bits per heavy atom. The molecule has 3 rings (SSSR count). The third kappa shape index (κ3) is 2.10. The fraction of sp³-hybridized carbons (Fsp3) is 0.0769. The smallest absolute Gasteiger partial charge is 0.214 e. The van der Waals surface area contributed by atoms with Gasteiger partial charge in [0.2, 0.25) is 5.95 Å². The van der Waals surface area contributed by atoms with Gasteiger partial charge in [0.15, 0.2) is 0 Å². The number of phenols is 1. The monoisotopic (exact) mass is 275 g/mol. The zero-order valence-electron chi connectivity index (χ0n) is 10.0. The molecule has 3 aromatic rings. The van der Waals surface area contributed by atoms with Crippen molar-refractivity contribution in [2.45, 2.75) is 0 Å². The molecule has 1 aromatic carbocycles. The highest BCUT2D eigenvalue weighted by atomic mass is 32.1. The predicted octanol–water partition coefficient (Wildman–Crippen LogP) is 3.24. The molecule has 0 bridgehead atoms. The van der Waals surface area contributed by atoms with Crippen molar-refractivity contribution in [3.63, 3.8) is 0 Å². The van der Waals surface area contributed by atoms with Gasteiger partial charge in [0.1, 0.15) is 21.1 Å². The SMILES string of the molecule is CNc1ccc(-c2nc3ccc(F)nc3s2)cc1O. The lowest BCUT2D eigenvalue weighted by Gasteiger charge is -2.04. The van der Waals surface area contributed by atoms with E-state index in [-0.39, 0.29) is 5.75 Å². The van der Waals surface area contributed by atoms with Gasteiger partial charge in [-0.15, -0.1) is 0 Å². The normalized spacial score (nSPS) is 10.8. The molecule has 2 N–H and O–H groups in total. The largest absolute Gasteiger partial charge is 0.506 e. The summed E-state index contributed by atoms with van der Waals surface area (Å²) >= 11 is 1.29. The summed E-state index contributed by atoms with van der Waals surface area (Å²) in [5, 5.41) is 13.4.